The van der Waals surface area contributed by atoms with Crippen LogP contribution in [-0.4, -0.2) is 20.1 Å². The molecule has 2 aromatic rings. The summed E-state index contributed by atoms with van der Waals surface area (Å²) >= 11 is 0. The van der Waals surface area contributed by atoms with Crippen LogP contribution in [0, 0.1) is 6.92 Å². The zero-order chi connectivity index (χ0) is 16.7. The highest BCUT2D eigenvalue weighted by molar-refractivity contribution is 5.91. The van der Waals surface area contributed by atoms with Crippen LogP contribution in [-0.2, 0) is 11.3 Å². The van der Waals surface area contributed by atoms with Crippen LogP contribution in [0.3, 0.4) is 0 Å². The van der Waals surface area contributed by atoms with E-state index in [0.29, 0.717) is 18.0 Å². The molecule has 1 N–H and O–H groups in total. The normalized spacial score (nSPS) is 10.6. The Bertz CT molecular complexity index is 708. The minimum absolute atomic E-state index is 0.136. The Morgan fingerprint density at radius 3 is 2.52 bits per heavy atom. The second-order valence-electron chi connectivity index (χ2n) is 5.10. The summed E-state index contributed by atoms with van der Waals surface area (Å²) in [5.74, 6) is 1.18. The number of ether oxygens (including phenoxy) is 2. The highest BCUT2D eigenvalue weighted by Gasteiger charge is 2.05. The van der Waals surface area contributed by atoms with Gasteiger partial charge < -0.3 is 14.8 Å². The zero-order valence-corrected chi connectivity index (χ0v) is 13.6. The van der Waals surface area contributed by atoms with Gasteiger partial charge in [-0.15, -0.1) is 0 Å². The van der Waals surface area contributed by atoms with Gasteiger partial charge in [0, 0.05) is 12.6 Å². The van der Waals surface area contributed by atoms with Crippen molar-refractivity contribution in [2.45, 2.75) is 13.5 Å². The fourth-order valence-corrected chi connectivity index (χ4v) is 2.18. The molecular weight excluding hydrogens is 290 g/mol. The summed E-state index contributed by atoms with van der Waals surface area (Å²) in [5.41, 5.74) is 3.12. The molecule has 2 aromatic carbocycles. The molecule has 0 atom stereocenters. The van der Waals surface area contributed by atoms with E-state index in [1.807, 2.05) is 55.5 Å². The molecule has 0 unspecified atom stereocenters. The molecule has 0 aliphatic carbocycles. The van der Waals surface area contributed by atoms with Crippen molar-refractivity contribution in [3.63, 3.8) is 0 Å². The Labute approximate surface area is 136 Å². The summed E-state index contributed by atoms with van der Waals surface area (Å²) in [7, 11) is 3.18. The Morgan fingerprint density at radius 1 is 1.09 bits per heavy atom. The van der Waals surface area contributed by atoms with Gasteiger partial charge in [-0.25, -0.2) is 0 Å². The van der Waals surface area contributed by atoms with Gasteiger partial charge in [0.05, 0.1) is 14.2 Å². The number of benzene rings is 2. The third kappa shape index (κ3) is 4.61. The molecule has 4 heteroatoms. The van der Waals surface area contributed by atoms with Gasteiger partial charge in [0.2, 0.25) is 5.91 Å². The van der Waals surface area contributed by atoms with Gasteiger partial charge >= 0.3 is 0 Å². The van der Waals surface area contributed by atoms with E-state index in [1.165, 1.54) is 0 Å². The van der Waals surface area contributed by atoms with E-state index < -0.39 is 0 Å². The molecule has 0 radical (unpaired) electrons. The number of nitrogens with one attached hydrogen (secondary N) is 1. The predicted molar refractivity (Wildman–Crippen MR) is 91.6 cm³/mol. The molecule has 4 nitrogen and oxygen atoms in total. The molecule has 2 rings (SSSR count). The Kier molecular flexibility index (Phi) is 5.80. The van der Waals surface area contributed by atoms with Crippen LogP contribution in [0.25, 0.3) is 6.08 Å². The van der Waals surface area contributed by atoms with E-state index in [-0.39, 0.29) is 5.91 Å². The fraction of sp³-hybridized carbons (Fsp3) is 0.211. The molecular formula is C19H21NO3. The van der Waals surface area contributed by atoms with E-state index in [0.717, 1.165) is 16.7 Å². The van der Waals surface area contributed by atoms with Crippen molar-refractivity contribution < 1.29 is 14.3 Å². The van der Waals surface area contributed by atoms with E-state index in [2.05, 4.69) is 5.32 Å². The number of amides is 1. The van der Waals surface area contributed by atoms with Crippen LogP contribution in [0.5, 0.6) is 11.5 Å². The maximum atomic E-state index is 11.9. The molecule has 0 saturated heterocycles. The van der Waals surface area contributed by atoms with Crippen LogP contribution in [0.4, 0.5) is 0 Å². The first kappa shape index (κ1) is 16.6. The topological polar surface area (TPSA) is 47.6 Å². The Balaban J connectivity index is 1.95. The van der Waals surface area contributed by atoms with Gasteiger partial charge in [-0.3, -0.25) is 4.79 Å². The molecule has 0 aromatic heterocycles. The molecule has 0 spiro atoms. The fourth-order valence-electron chi connectivity index (χ4n) is 2.18. The first-order chi connectivity index (χ1) is 11.1. The van der Waals surface area contributed by atoms with E-state index in [4.69, 9.17) is 9.47 Å². The van der Waals surface area contributed by atoms with Crippen molar-refractivity contribution in [1.82, 2.24) is 5.32 Å². The molecule has 0 aliphatic rings. The zero-order valence-electron chi connectivity index (χ0n) is 13.6. The van der Waals surface area contributed by atoms with E-state index in [9.17, 15) is 4.79 Å². The Hall–Kier alpha value is -2.75. The lowest BCUT2D eigenvalue weighted by Crippen LogP contribution is -2.20. The van der Waals surface area contributed by atoms with Crippen LogP contribution in [0.15, 0.2) is 48.5 Å². The minimum atomic E-state index is -0.136. The molecule has 23 heavy (non-hydrogen) atoms. The van der Waals surface area contributed by atoms with Gasteiger partial charge in [0.1, 0.15) is 0 Å². The van der Waals surface area contributed by atoms with Gasteiger partial charge in [-0.2, -0.15) is 0 Å². The number of hydrogen-bond acceptors (Lipinski definition) is 3. The van der Waals surface area contributed by atoms with Crippen LogP contribution in [0.2, 0.25) is 0 Å². The first-order valence-electron chi connectivity index (χ1n) is 7.36. The monoisotopic (exact) mass is 311 g/mol. The standard InChI is InChI=1S/C19H21NO3/c1-14-6-4-5-7-16(14)9-11-19(21)20-13-15-8-10-17(22-2)18(12-15)23-3/h4-12H,13H2,1-3H3,(H,20,21)/b11-9+. The molecule has 1 amide bonds. The summed E-state index contributed by atoms with van der Waals surface area (Å²) in [6.45, 7) is 2.44. The van der Waals surface area contributed by atoms with Gasteiger partial charge in [-0.05, 0) is 41.8 Å². The number of carbonyl (C=O) groups excluding carboxylic acids is 1. The SMILES string of the molecule is COc1ccc(CNC(=O)/C=C/c2ccccc2C)cc1OC. The lowest BCUT2D eigenvalue weighted by molar-refractivity contribution is -0.116. The highest BCUT2D eigenvalue weighted by Crippen LogP contribution is 2.27. The molecule has 0 saturated carbocycles. The average Bonchev–Trinajstić information content (AvgIpc) is 2.58. The minimum Gasteiger partial charge on any atom is -0.493 e. The molecule has 120 valence electrons. The summed E-state index contributed by atoms with van der Waals surface area (Å²) in [5, 5.41) is 2.86. The molecule has 0 bridgehead atoms. The van der Waals surface area contributed by atoms with Crippen molar-refractivity contribution in [2.24, 2.45) is 0 Å². The van der Waals surface area contributed by atoms with Crippen molar-refractivity contribution in [1.29, 1.82) is 0 Å². The molecule has 0 aliphatic heterocycles. The van der Waals surface area contributed by atoms with Crippen molar-refractivity contribution >= 4 is 12.0 Å². The summed E-state index contributed by atoms with van der Waals surface area (Å²) < 4.78 is 10.4. The number of hydrogen-bond donors (Lipinski definition) is 1. The first-order valence-corrected chi connectivity index (χ1v) is 7.36. The molecule has 0 heterocycles. The van der Waals surface area contributed by atoms with Crippen molar-refractivity contribution in [3.8, 4) is 11.5 Å². The predicted octanol–water partition coefficient (Wildman–Crippen LogP) is 3.34. The van der Waals surface area contributed by atoms with Gasteiger partial charge in [0.25, 0.3) is 0 Å². The smallest absolute Gasteiger partial charge is 0.244 e. The quantitative estimate of drug-likeness (QED) is 0.832. The van der Waals surface area contributed by atoms with Crippen LogP contribution < -0.4 is 14.8 Å². The van der Waals surface area contributed by atoms with E-state index in [1.54, 1.807) is 20.3 Å². The number of aryl methyl sites for hydroxylation is 1. The van der Waals surface area contributed by atoms with Gasteiger partial charge in [0.15, 0.2) is 11.5 Å². The second kappa shape index (κ2) is 8.03. The lowest BCUT2D eigenvalue weighted by atomic mass is 10.1. The summed E-state index contributed by atoms with van der Waals surface area (Å²) in [6.07, 6.45) is 3.36. The number of methoxy groups -OCH3 is 2. The maximum Gasteiger partial charge on any atom is 0.244 e. The highest BCUT2D eigenvalue weighted by atomic mass is 16.5. The van der Waals surface area contributed by atoms with Gasteiger partial charge in [-0.1, -0.05) is 30.3 Å². The molecule has 0 fully saturated rings. The van der Waals surface area contributed by atoms with Crippen LogP contribution in [0.1, 0.15) is 16.7 Å². The largest absolute Gasteiger partial charge is 0.493 e. The number of rotatable bonds is 6. The summed E-state index contributed by atoms with van der Waals surface area (Å²) in [6, 6.07) is 13.5. The average molecular weight is 311 g/mol. The summed E-state index contributed by atoms with van der Waals surface area (Å²) in [4.78, 5) is 11.9. The number of carbonyl (C=O) groups is 1. The van der Waals surface area contributed by atoms with Crippen LogP contribution >= 0.6 is 0 Å². The third-order valence-corrected chi connectivity index (χ3v) is 3.52. The maximum absolute atomic E-state index is 11.9. The van der Waals surface area contributed by atoms with Crippen molar-refractivity contribution in [2.75, 3.05) is 14.2 Å². The van der Waals surface area contributed by atoms with Crippen molar-refractivity contribution in [3.05, 3.63) is 65.2 Å². The lowest BCUT2D eigenvalue weighted by Gasteiger charge is -2.09. The Morgan fingerprint density at radius 2 is 1.83 bits per heavy atom. The van der Waals surface area contributed by atoms with E-state index >= 15 is 0 Å². The third-order valence-electron chi connectivity index (χ3n) is 3.52. The second-order valence-corrected chi connectivity index (χ2v) is 5.10.